The molecule has 5 rings (SSSR count). The number of benzene rings is 1. The van der Waals surface area contributed by atoms with Crippen LogP contribution in [0.4, 0.5) is 16.3 Å². The highest BCUT2D eigenvalue weighted by Gasteiger charge is 2.24. The van der Waals surface area contributed by atoms with Crippen molar-refractivity contribution in [2.75, 3.05) is 5.32 Å². The molecular weight excluding hydrogens is 468 g/mol. The quantitative estimate of drug-likeness (QED) is 0.316. The lowest BCUT2D eigenvalue weighted by Crippen LogP contribution is -2.27. The molecule has 0 radical (unpaired) electrons. The maximum Gasteiger partial charge on any atom is 0.419 e. The lowest BCUT2D eigenvalue weighted by molar-refractivity contribution is 0.0546. The van der Waals surface area contributed by atoms with Gasteiger partial charge in [0.1, 0.15) is 11.4 Å². The van der Waals surface area contributed by atoms with Crippen molar-refractivity contribution in [2.45, 2.75) is 26.4 Å². The second-order valence-electron chi connectivity index (χ2n) is 9.05. The smallest absolute Gasteiger partial charge is 0.419 e. The van der Waals surface area contributed by atoms with E-state index in [1.165, 1.54) is 11.0 Å². The third-order valence-corrected chi connectivity index (χ3v) is 5.60. The van der Waals surface area contributed by atoms with Crippen molar-refractivity contribution in [3.05, 3.63) is 66.7 Å². The number of hydrogen-bond acceptors (Lipinski definition) is 7. The van der Waals surface area contributed by atoms with Crippen LogP contribution < -0.4 is 5.32 Å². The standard InChI is InChI=1S/C25H23ClN6O3/c1-25(2,3)35-24(33)32-19-9-23(29-10-16(19)8-20(32)22-12-28-14-34-22)30-18-6-5-15(7-17(18)26)21-11-27-13-31(21)4/h5-14H,1-4H3,(H,29,30). The second-order valence-corrected chi connectivity index (χ2v) is 9.46. The van der Waals surface area contributed by atoms with Crippen LogP contribution in [0.2, 0.25) is 5.02 Å². The summed E-state index contributed by atoms with van der Waals surface area (Å²) in [5.41, 5.74) is 3.02. The number of aryl methyl sites for hydroxylation is 1. The Balaban J connectivity index is 1.53. The largest absolute Gasteiger partial charge is 0.443 e. The first-order chi connectivity index (χ1) is 16.7. The van der Waals surface area contributed by atoms with Gasteiger partial charge >= 0.3 is 6.09 Å². The molecule has 4 heterocycles. The van der Waals surface area contributed by atoms with Gasteiger partial charge in [0.15, 0.2) is 12.2 Å². The van der Waals surface area contributed by atoms with Crippen LogP contribution in [-0.4, -0.2) is 35.8 Å². The van der Waals surface area contributed by atoms with E-state index < -0.39 is 11.7 Å². The first-order valence-electron chi connectivity index (χ1n) is 10.9. The molecule has 5 aromatic rings. The summed E-state index contributed by atoms with van der Waals surface area (Å²) in [5, 5.41) is 4.51. The lowest BCUT2D eigenvalue weighted by atomic mass is 10.1. The molecule has 35 heavy (non-hydrogen) atoms. The van der Waals surface area contributed by atoms with Crippen molar-refractivity contribution < 1.29 is 13.9 Å². The molecule has 1 aromatic carbocycles. The normalized spacial score (nSPS) is 11.7. The predicted molar refractivity (Wildman–Crippen MR) is 134 cm³/mol. The van der Waals surface area contributed by atoms with E-state index in [9.17, 15) is 4.79 Å². The molecule has 0 aliphatic heterocycles. The number of rotatable bonds is 4. The molecule has 0 spiro atoms. The summed E-state index contributed by atoms with van der Waals surface area (Å²) in [6, 6.07) is 9.28. The van der Waals surface area contributed by atoms with Gasteiger partial charge in [-0.3, -0.25) is 0 Å². The van der Waals surface area contributed by atoms with E-state index in [1.807, 2.05) is 56.7 Å². The molecule has 0 saturated heterocycles. The van der Waals surface area contributed by atoms with Crippen LogP contribution >= 0.6 is 11.6 Å². The van der Waals surface area contributed by atoms with Crippen molar-refractivity contribution in [3.8, 4) is 22.7 Å². The molecule has 0 atom stereocenters. The van der Waals surface area contributed by atoms with Crippen molar-refractivity contribution in [2.24, 2.45) is 7.05 Å². The molecule has 9 nitrogen and oxygen atoms in total. The number of nitrogens with one attached hydrogen (secondary N) is 1. The minimum absolute atomic E-state index is 0.440. The summed E-state index contributed by atoms with van der Waals surface area (Å²) in [7, 11) is 1.92. The third-order valence-electron chi connectivity index (χ3n) is 5.29. The zero-order valence-corrected chi connectivity index (χ0v) is 20.4. The van der Waals surface area contributed by atoms with Crippen LogP contribution in [0, 0.1) is 0 Å². The van der Waals surface area contributed by atoms with E-state index in [0.717, 1.165) is 16.6 Å². The van der Waals surface area contributed by atoms with E-state index in [2.05, 4.69) is 20.3 Å². The number of anilines is 2. The number of hydrogen-bond donors (Lipinski definition) is 1. The number of carbonyl (C=O) groups excluding carboxylic acids is 1. The fraction of sp³-hybridized carbons (Fsp3) is 0.200. The van der Waals surface area contributed by atoms with Crippen LogP contribution in [0.1, 0.15) is 20.8 Å². The van der Waals surface area contributed by atoms with Gasteiger partial charge < -0.3 is 19.0 Å². The number of halogens is 1. The summed E-state index contributed by atoms with van der Waals surface area (Å²) in [5.74, 6) is 0.954. The number of imidazole rings is 1. The number of ether oxygens (including phenoxy) is 1. The van der Waals surface area contributed by atoms with Gasteiger partial charge in [0.25, 0.3) is 0 Å². The topological polar surface area (TPSA) is 100 Å². The summed E-state index contributed by atoms with van der Waals surface area (Å²) >= 11 is 6.57. The molecule has 4 aromatic heterocycles. The predicted octanol–water partition coefficient (Wildman–Crippen LogP) is 6.27. The highest BCUT2D eigenvalue weighted by atomic mass is 35.5. The molecule has 1 N–H and O–H groups in total. The van der Waals surface area contributed by atoms with Crippen LogP contribution in [0.25, 0.3) is 33.6 Å². The number of fused-ring (bicyclic) bond motifs is 1. The van der Waals surface area contributed by atoms with Crippen LogP contribution in [0.3, 0.4) is 0 Å². The minimum Gasteiger partial charge on any atom is -0.443 e. The van der Waals surface area contributed by atoms with Gasteiger partial charge in [0.05, 0.1) is 46.3 Å². The molecule has 0 aliphatic rings. The van der Waals surface area contributed by atoms with Gasteiger partial charge in [-0.05, 0) is 39.0 Å². The Morgan fingerprint density at radius 2 is 1.91 bits per heavy atom. The highest BCUT2D eigenvalue weighted by Crippen LogP contribution is 2.33. The second kappa shape index (κ2) is 8.59. The number of nitrogens with zero attached hydrogens (tertiary/aromatic N) is 5. The molecular formula is C25H23ClN6O3. The summed E-state index contributed by atoms with van der Waals surface area (Å²) in [6.45, 7) is 5.45. The average Bonchev–Trinajstić information content (AvgIpc) is 3.53. The van der Waals surface area contributed by atoms with Crippen molar-refractivity contribution in [1.29, 1.82) is 0 Å². The lowest BCUT2D eigenvalue weighted by Gasteiger charge is -2.20. The minimum atomic E-state index is -0.677. The number of aromatic nitrogens is 5. The van der Waals surface area contributed by atoms with Crippen molar-refractivity contribution in [3.63, 3.8) is 0 Å². The number of pyridine rings is 1. The first kappa shape index (κ1) is 22.7. The Morgan fingerprint density at radius 3 is 2.57 bits per heavy atom. The molecule has 0 aliphatic carbocycles. The molecule has 0 amide bonds. The number of carbonyl (C=O) groups is 1. The fourth-order valence-electron chi connectivity index (χ4n) is 3.75. The van der Waals surface area contributed by atoms with Crippen LogP contribution in [0.5, 0.6) is 0 Å². The Kier molecular flexibility index (Phi) is 5.56. The zero-order valence-electron chi connectivity index (χ0n) is 19.6. The summed E-state index contributed by atoms with van der Waals surface area (Å²) in [6.07, 6.45) is 7.53. The summed E-state index contributed by atoms with van der Waals surface area (Å²) < 4.78 is 14.5. The molecule has 0 saturated carbocycles. The Hall–Kier alpha value is -4.11. The molecule has 178 valence electrons. The van der Waals surface area contributed by atoms with Gasteiger partial charge in [-0.2, -0.15) is 0 Å². The van der Waals surface area contributed by atoms with E-state index in [1.54, 1.807) is 31.0 Å². The molecule has 0 bridgehead atoms. The van der Waals surface area contributed by atoms with E-state index in [0.29, 0.717) is 33.5 Å². The first-order valence-corrected chi connectivity index (χ1v) is 11.2. The van der Waals surface area contributed by atoms with Gasteiger partial charge in [-0.15, -0.1) is 0 Å². The Morgan fingerprint density at radius 1 is 1.09 bits per heavy atom. The van der Waals surface area contributed by atoms with E-state index in [4.69, 9.17) is 20.8 Å². The molecule has 0 fully saturated rings. The maximum absolute atomic E-state index is 13.2. The number of oxazole rings is 1. The zero-order chi connectivity index (χ0) is 24.7. The maximum atomic E-state index is 13.2. The molecule has 0 unspecified atom stereocenters. The van der Waals surface area contributed by atoms with E-state index in [-0.39, 0.29) is 0 Å². The van der Waals surface area contributed by atoms with Gasteiger partial charge in [0.2, 0.25) is 0 Å². The monoisotopic (exact) mass is 490 g/mol. The van der Waals surface area contributed by atoms with Gasteiger partial charge in [-0.25, -0.2) is 24.3 Å². The van der Waals surface area contributed by atoms with Gasteiger partial charge in [-0.1, -0.05) is 17.7 Å². The SMILES string of the molecule is Cn1cncc1-c1ccc(Nc2cc3c(cn2)cc(-c2cnco2)n3C(=O)OC(C)(C)C)c(Cl)c1. The highest BCUT2D eigenvalue weighted by molar-refractivity contribution is 6.33. The Labute approximate surface area is 206 Å². The van der Waals surface area contributed by atoms with Crippen molar-refractivity contribution >= 4 is 40.1 Å². The van der Waals surface area contributed by atoms with E-state index >= 15 is 0 Å². The summed E-state index contributed by atoms with van der Waals surface area (Å²) in [4.78, 5) is 25.8. The third kappa shape index (κ3) is 4.50. The molecule has 10 heteroatoms. The van der Waals surface area contributed by atoms with Crippen molar-refractivity contribution in [1.82, 2.24) is 24.1 Å². The van der Waals surface area contributed by atoms with Crippen LogP contribution in [0.15, 0.2) is 66.1 Å². The fourth-order valence-corrected chi connectivity index (χ4v) is 3.97. The Bertz CT molecular complexity index is 1530. The average molecular weight is 491 g/mol. The van der Waals surface area contributed by atoms with Gasteiger partial charge in [0, 0.05) is 30.3 Å². The van der Waals surface area contributed by atoms with Crippen LogP contribution in [-0.2, 0) is 11.8 Å².